The minimum Gasteiger partial charge on any atom is -0.229 e. The Morgan fingerprint density at radius 2 is 1.81 bits per heavy atom. The molecule has 0 saturated heterocycles. The first kappa shape index (κ1) is 15.3. The van der Waals surface area contributed by atoms with Crippen molar-refractivity contribution >= 4 is 19.9 Å². The normalized spacial score (nSPS) is 14.7. The number of sulfonamides is 1. The van der Waals surface area contributed by atoms with E-state index in [1.54, 1.807) is 13.0 Å². The van der Waals surface area contributed by atoms with E-state index in [1.165, 1.54) is 7.05 Å². The average molecular weight is 268 g/mol. The topological polar surface area (TPSA) is 95.3 Å². The molecule has 94 valence electrons. The highest BCUT2D eigenvalue weighted by molar-refractivity contribution is 7.91. The molecule has 0 aliphatic carbocycles. The first-order chi connectivity index (χ1) is 7.15. The molecule has 0 spiro atoms. The second-order valence-corrected chi connectivity index (χ2v) is 8.00. The summed E-state index contributed by atoms with van der Waals surface area (Å²) < 4.78 is 46.1. The van der Waals surface area contributed by atoms with Crippen LogP contribution in [0, 0.1) is 11.3 Å². The van der Waals surface area contributed by atoms with Gasteiger partial charge in [-0.3, -0.25) is 0 Å². The third-order valence-electron chi connectivity index (χ3n) is 2.09. The molecule has 0 saturated carbocycles. The molecule has 0 amide bonds. The second-order valence-electron chi connectivity index (χ2n) is 3.52. The molecule has 0 aliphatic heterocycles. The molecule has 16 heavy (non-hydrogen) atoms. The lowest BCUT2D eigenvalue weighted by molar-refractivity contribution is 0.478. The van der Waals surface area contributed by atoms with Crippen LogP contribution in [0.1, 0.15) is 13.3 Å². The molecular weight excluding hydrogens is 252 g/mol. The maximum absolute atomic E-state index is 11.7. The minimum absolute atomic E-state index is 0.126. The Balaban J connectivity index is 4.74. The summed E-state index contributed by atoms with van der Waals surface area (Å²) in [7, 11) is -5.65. The van der Waals surface area contributed by atoms with Crippen molar-refractivity contribution in [3.8, 4) is 6.07 Å². The summed E-state index contributed by atoms with van der Waals surface area (Å²) >= 11 is 0. The second kappa shape index (κ2) is 5.61. The van der Waals surface area contributed by atoms with Crippen LogP contribution in [0.5, 0.6) is 0 Å². The van der Waals surface area contributed by atoms with Crippen LogP contribution in [0.2, 0.25) is 0 Å². The third-order valence-corrected chi connectivity index (χ3v) is 5.22. The van der Waals surface area contributed by atoms with Gasteiger partial charge >= 0.3 is 0 Å². The van der Waals surface area contributed by atoms with Gasteiger partial charge in [-0.2, -0.15) is 5.26 Å². The molecule has 1 unspecified atom stereocenters. The van der Waals surface area contributed by atoms with Crippen molar-refractivity contribution in [3.63, 3.8) is 0 Å². The van der Waals surface area contributed by atoms with Gasteiger partial charge in [-0.05, 0) is 6.42 Å². The zero-order valence-electron chi connectivity index (χ0n) is 9.54. The van der Waals surface area contributed by atoms with Crippen LogP contribution in [-0.2, 0) is 19.9 Å². The number of nitriles is 1. The minimum atomic E-state index is -3.72. The molecule has 0 radical (unpaired) electrons. The van der Waals surface area contributed by atoms with E-state index in [0.717, 1.165) is 10.6 Å². The number of hydrogen-bond acceptors (Lipinski definition) is 5. The molecule has 8 heteroatoms. The van der Waals surface area contributed by atoms with Gasteiger partial charge in [0.05, 0.1) is 11.8 Å². The third kappa shape index (κ3) is 4.47. The molecular formula is C8H16N2O4S2. The average Bonchev–Trinajstić information content (AvgIpc) is 2.14. The van der Waals surface area contributed by atoms with Crippen LogP contribution in [0.25, 0.3) is 0 Å². The molecule has 0 fully saturated rings. The molecule has 0 aromatic rings. The predicted octanol–water partition coefficient (Wildman–Crippen LogP) is -0.405. The van der Waals surface area contributed by atoms with Crippen molar-refractivity contribution < 1.29 is 16.8 Å². The molecule has 0 aromatic heterocycles. The number of rotatable bonds is 6. The van der Waals surface area contributed by atoms with E-state index >= 15 is 0 Å². The van der Waals surface area contributed by atoms with E-state index in [9.17, 15) is 16.8 Å². The number of hydrogen-bond donors (Lipinski definition) is 0. The largest absolute Gasteiger partial charge is 0.230 e. The molecule has 0 bridgehead atoms. The quantitative estimate of drug-likeness (QED) is 0.653. The van der Waals surface area contributed by atoms with Gasteiger partial charge in [0, 0.05) is 19.8 Å². The van der Waals surface area contributed by atoms with Gasteiger partial charge in [-0.25, -0.2) is 21.1 Å². The van der Waals surface area contributed by atoms with Crippen LogP contribution in [-0.4, -0.2) is 52.0 Å². The van der Waals surface area contributed by atoms with Crippen LogP contribution in [0.3, 0.4) is 0 Å². The number of nitrogens with zero attached hydrogens (tertiary/aromatic N) is 2. The smallest absolute Gasteiger partial charge is 0.229 e. The molecule has 0 N–H and O–H groups in total. The van der Waals surface area contributed by atoms with E-state index in [-0.39, 0.29) is 18.7 Å². The summed E-state index contributed by atoms with van der Waals surface area (Å²) in [6.07, 6.45) is 1.22. The maximum atomic E-state index is 11.7. The molecule has 0 rings (SSSR count). The van der Waals surface area contributed by atoms with Gasteiger partial charge in [-0.1, -0.05) is 6.92 Å². The summed E-state index contributed by atoms with van der Waals surface area (Å²) in [5, 5.41) is 7.55. The Bertz CT molecular complexity index is 461. The van der Waals surface area contributed by atoms with E-state index < -0.39 is 25.1 Å². The summed E-state index contributed by atoms with van der Waals surface area (Å²) in [6, 6.07) is 1.69. The van der Waals surface area contributed by atoms with Crippen LogP contribution in [0.15, 0.2) is 0 Å². The van der Waals surface area contributed by atoms with Crippen molar-refractivity contribution in [1.82, 2.24) is 4.31 Å². The Labute approximate surface area is 96.8 Å². The van der Waals surface area contributed by atoms with Crippen molar-refractivity contribution in [2.75, 3.05) is 25.6 Å². The highest BCUT2D eigenvalue weighted by Crippen LogP contribution is 2.09. The Morgan fingerprint density at radius 3 is 2.12 bits per heavy atom. The van der Waals surface area contributed by atoms with Gasteiger partial charge in [-0.15, -0.1) is 0 Å². The standard InChI is InChI=1S/C8H16N2O4S2/c1-4-8(7-9)16(13,14)10(2)5-6-15(3,11)12/h8H,4-6H2,1-3H3. The first-order valence-electron chi connectivity index (χ1n) is 4.67. The Hall–Kier alpha value is -0.650. The summed E-state index contributed by atoms with van der Waals surface area (Å²) in [5.74, 6) is -0.245. The van der Waals surface area contributed by atoms with Gasteiger partial charge in [0.2, 0.25) is 10.0 Å². The fourth-order valence-corrected chi connectivity index (χ4v) is 3.06. The van der Waals surface area contributed by atoms with Crippen molar-refractivity contribution in [1.29, 1.82) is 5.26 Å². The lowest BCUT2D eigenvalue weighted by Crippen LogP contribution is -2.37. The highest BCUT2D eigenvalue weighted by Gasteiger charge is 2.28. The van der Waals surface area contributed by atoms with Crippen LogP contribution < -0.4 is 0 Å². The van der Waals surface area contributed by atoms with Gasteiger partial charge < -0.3 is 0 Å². The van der Waals surface area contributed by atoms with Gasteiger partial charge in [0.25, 0.3) is 0 Å². The lowest BCUT2D eigenvalue weighted by atomic mass is 10.4. The van der Waals surface area contributed by atoms with Crippen LogP contribution in [0.4, 0.5) is 0 Å². The number of sulfone groups is 1. The van der Waals surface area contributed by atoms with Crippen molar-refractivity contribution in [3.05, 3.63) is 0 Å². The predicted molar refractivity (Wildman–Crippen MR) is 61.0 cm³/mol. The molecule has 1 atom stereocenters. The fraction of sp³-hybridized carbons (Fsp3) is 0.875. The highest BCUT2D eigenvalue weighted by atomic mass is 32.2. The zero-order chi connectivity index (χ0) is 13.0. The van der Waals surface area contributed by atoms with E-state index in [0.29, 0.717) is 0 Å². The van der Waals surface area contributed by atoms with Gasteiger partial charge in [0.1, 0.15) is 9.84 Å². The monoisotopic (exact) mass is 268 g/mol. The van der Waals surface area contributed by atoms with E-state index in [2.05, 4.69) is 0 Å². The fourth-order valence-electron chi connectivity index (χ4n) is 1.01. The molecule has 0 aromatic carbocycles. The van der Waals surface area contributed by atoms with Crippen molar-refractivity contribution in [2.45, 2.75) is 18.6 Å². The first-order valence-corrected chi connectivity index (χ1v) is 8.24. The molecule has 0 aliphatic rings. The van der Waals surface area contributed by atoms with Crippen molar-refractivity contribution in [2.24, 2.45) is 0 Å². The summed E-state index contributed by atoms with van der Waals surface area (Å²) in [5.41, 5.74) is 0. The maximum Gasteiger partial charge on any atom is 0.230 e. The van der Waals surface area contributed by atoms with Gasteiger partial charge in [0.15, 0.2) is 5.25 Å². The SMILES string of the molecule is CCC(C#N)S(=O)(=O)N(C)CCS(C)(=O)=O. The van der Waals surface area contributed by atoms with E-state index in [1.807, 2.05) is 0 Å². The van der Waals surface area contributed by atoms with E-state index in [4.69, 9.17) is 5.26 Å². The molecule has 6 nitrogen and oxygen atoms in total. The molecule has 0 heterocycles. The zero-order valence-corrected chi connectivity index (χ0v) is 11.2. The van der Waals surface area contributed by atoms with Crippen LogP contribution >= 0.6 is 0 Å². The Morgan fingerprint density at radius 1 is 1.31 bits per heavy atom. The Kier molecular flexibility index (Phi) is 5.38. The summed E-state index contributed by atoms with van der Waals surface area (Å²) in [4.78, 5) is 0. The summed E-state index contributed by atoms with van der Waals surface area (Å²) in [6.45, 7) is 1.47. The lowest BCUT2D eigenvalue weighted by Gasteiger charge is -2.19.